The van der Waals surface area contributed by atoms with Crippen LogP contribution in [0.2, 0.25) is 0 Å². The first-order chi connectivity index (χ1) is 9.08. The van der Waals surface area contributed by atoms with Crippen LogP contribution in [0, 0.1) is 0 Å². The van der Waals surface area contributed by atoms with Crippen molar-refractivity contribution in [1.29, 1.82) is 0 Å². The summed E-state index contributed by atoms with van der Waals surface area (Å²) in [6.45, 7) is 7.31. The highest BCUT2D eigenvalue weighted by molar-refractivity contribution is 5.92. The minimum absolute atomic E-state index is 0.00817. The van der Waals surface area contributed by atoms with Gasteiger partial charge < -0.3 is 15.0 Å². The van der Waals surface area contributed by atoms with Crippen LogP contribution in [-0.2, 0) is 9.53 Å². The average Bonchev–Trinajstić information content (AvgIpc) is 2.38. The van der Waals surface area contributed by atoms with Crippen LogP contribution in [0.4, 0.5) is 4.79 Å². The quantitative estimate of drug-likeness (QED) is 0.794. The van der Waals surface area contributed by atoms with Crippen LogP contribution in [-0.4, -0.2) is 42.6 Å². The molecule has 0 aromatic heterocycles. The SMILES string of the molecule is CCC=C(C)C(=O)N1CCCC(NC(=O)OCC)C1. The van der Waals surface area contributed by atoms with E-state index in [0.29, 0.717) is 13.2 Å². The molecule has 1 atom stereocenters. The summed E-state index contributed by atoms with van der Waals surface area (Å²) in [5.74, 6) is 0.0669. The zero-order valence-corrected chi connectivity index (χ0v) is 12.1. The molecule has 0 saturated carbocycles. The van der Waals surface area contributed by atoms with E-state index >= 15 is 0 Å². The minimum Gasteiger partial charge on any atom is -0.450 e. The number of ether oxygens (including phenoxy) is 1. The maximum Gasteiger partial charge on any atom is 0.407 e. The summed E-state index contributed by atoms with van der Waals surface area (Å²) in [5, 5.41) is 2.80. The van der Waals surface area contributed by atoms with Crippen LogP contribution in [0.15, 0.2) is 11.6 Å². The molecule has 1 saturated heterocycles. The number of amides is 2. The number of hydrogen-bond donors (Lipinski definition) is 1. The Morgan fingerprint density at radius 3 is 2.79 bits per heavy atom. The molecule has 1 N–H and O–H groups in total. The van der Waals surface area contributed by atoms with Crippen LogP contribution < -0.4 is 5.32 Å². The van der Waals surface area contributed by atoms with Gasteiger partial charge in [-0.1, -0.05) is 13.0 Å². The first-order valence-corrected chi connectivity index (χ1v) is 6.97. The lowest BCUT2D eigenvalue weighted by molar-refractivity contribution is -0.128. The van der Waals surface area contributed by atoms with E-state index in [1.807, 2.05) is 24.8 Å². The number of carbonyl (C=O) groups excluding carboxylic acids is 2. The van der Waals surface area contributed by atoms with Gasteiger partial charge >= 0.3 is 6.09 Å². The highest BCUT2D eigenvalue weighted by atomic mass is 16.5. The van der Waals surface area contributed by atoms with Crippen molar-refractivity contribution in [2.45, 2.75) is 46.1 Å². The van der Waals surface area contributed by atoms with E-state index in [1.54, 1.807) is 6.92 Å². The van der Waals surface area contributed by atoms with Gasteiger partial charge in [-0.2, -0.15) is 0 Å². The number of carbonyl (C=O) groups is 2. The van der Waals surface area contributed by atoms with E-state index < -0.39 is 6.09 Å². The second-order valence-corrected chi connectivity index (χ2v) is 4.75. The molecule has 0 aromatic rings. The second kappa shape index (κ2) is 7.81. The van der Waals surface area contributed by atoms with E-state index in [4.69, 9.17) is 4.74 Å². The van der Waals surface area contributed by atoms with E-state index in [-0.39, 0.29) is 11.9 Å². The number of piperidine rings is 1. The highest BCUT2D eigenvalue weighted by Gasteiger charge is 2.25. The lowest BCUT2D eigenvalue weighted by atomic mass is 10.0. The van der Waals surface area contributed by atoms with Crippen molar-refractivity contribution in [3.05, 3.63) is 11.6 Å². The second-order valence-electron chi connectivity index (χ2n) is 4.75. The Morgan fingerprint density at radius 2 is 2.16 bits per heavy atom. The van der Waals surface area contributed by atoms with Crippen molar-refractivity contribution < 1.29 is 14.3 Å². The minimum atomic E-state index is -0.400. The molecule has 1 aliphatic heterocycles. The molecule has 1 aliphatic rings. The van der Waals surface area contributed by atoms with Crippen molar-refractivity contribution in [3.63, 3.8) is 0 Å². The maximum absolute atomic E-state index is 12.2. The predicted molar refractivity (Wildman–Crippen MR) is 73.8 cm³/mol. The Bertz CT molecular complexity index is 353. The Balaban J connectivity index is 2.52. The third kappa shape index (κ3) is 4.93. The summed E-state index contributed by atoms with van der Waals surface area (Å²) in [4.78, 5) is 25.3. The third-order valence-electron chi connectivity index (χ3n) is 3.15. The van der Waals surface area contributed by atoms with Gasteiger partial charge in [-0.3, -0.25) is 4.79 Å². The average molecular weight is 268 g/mol. The standard InChI is InChI=1S/C14H24N2O3/c1-4-7-11(3)13(17)16-9-6-8-12(10-16)15-14(18)19-5-2/h7,12H,4-6,8-10H2,1-3H3,(H,15,18). The van der Waals surface area contributed by atoms with Crippen LogP contribution >= 0.6 is 0 Å². The number of nitrogens with one attached hydrogen (secondary N) is 1. The van der Waals surface area contributed by atoms with Crippen LogP contribution in [0.25, 0.3) is 0 Å². The van der Waals surface area contributed by atoms with Gasteiger partial charge in [0.15, 0.2) is 0 Å². The van der Waals surface area contributed by atoms with Gasteiger partial charge in [-0.25, -0.2) is 4.79 Å². The lowest BCUT2D eigenvalue weighted by Crippen LogP contribution is -2.49. The Labute approximate surface area is 115 Å². The largest absolute Gasteiger partial charge is 0.450 e. The molecule has 2 amide bonds. The summed E-state index contributed by atoms with van der Waals surface area (Å²) in [6, 6.07) is -0.00817. The molecule has 1 fully saturated rings. The fourth-order valence-corrected chi connectivity index (χ4v) is 2.26. The summed E-state index contributed by atoms with van der Waals surface area (Å²) in [7, 11) is 0. The normalized spacial score (nSPS) is 20.1. The van der Waals surface area contributed by atoms with Gasteiger partial charge in [-0.15, -0.1) is 0 Å². The number of nitrogens with zero attached hydrogens (tertiary/aromatic N) is 1. The first-order valence-electron chi connectivity index (χ1n) is 6.97. The summed E-state index contributed by atoms with van der Waals surface area (Å²) < 4.78 is 4.86. The van der Waals surface area contributed by atoms with Gasteiger partial charge in [0.25, 0.3) is 0 Å². The van der Waals surface area contributed by atoms with Crippen molar-refractivity contribution in [2.24, 2.45) is 0 Å². The molecule has 1 rings (SSSR count). The van der Waals surface area contributed by atoms with Crippen LogP contribution in [0.3, 0.4) is 0 Å². The monoisotopic (exact) mass is 268 g/mol. The third-order valence-corrected chi connectivity index (χ3v) is 3.15. The highest BCUT2D eigenvalue weighted by Crippen LogP contribution is 2.13. The van der Waals surface area contributed by atoms with Crippen molar-refractivity contribution in [3.8, 4) is 0 Å². The van der Waals surface area contributed by atoms with Crippen LogP contribution in [0.5, 0.6) is 0 Å². The molecule has 0 aliphatic carbocycles. The molecule has 1 unspecified atom stereocenters. The topological polar surface area (TPSA) is 58.6 Å². The van der Waals surface area contributed by atoms with Crippen molar-refractivity contribution in [2.75, 3.05) is 19.7 Å². The van der Waals surface area contributed by atoms with Gasteiger partial charge in [0.1, 0.15) is 0 Å². The summed E-state index contributed by atoms with van der Waals surface area (Å²) in [5.41, 5.74) is 0.777. The molecule has 5 heteroatoms. The molecule has 0 spiro atoms. The molecule has 0 aromatic carbocycles. The van der Waals surface area contributed by atoms with E-state index in [2.05, 4.69) is 5.32 Å². The molecule has 1 heterocycles. The van der Waals surface area contributed by atoms with Gasteiger partial charge in [-0.05, 0) is 33.1 Å². The Hall–Kier alpha value is -1.52. The number of likely N-dealkylation sites (tertiary alicyclic amines) is 1. The van der Waals surface area contributed by atoms with Crippen molar-refractivity contribution >= 4 is 12.0 Å². The van der Waals surface area contributed by atoms with Gasteiger partial charge in [0, 0.05) is 24.7 Å². The molecular weight excluding hydrogens is 244 g/mol. The lowest BCUT2D eigenvalue weighted by Gasteiger charge is -2.33. The van der Waals surface area contributed by atoms with E-state index in [1.165, 1.54) is 0 Å². The van der Waals surface area contributed by atoms with Gasteiger partial charge in [0.2, 0.25) is 5.91 Å². The first kappa shape index (κ1) is 15.5. The zero-order valence-electron chi connectivity index (χ0n) is 12.1. The zero-order chi connectivity index (χ0) is 14.3. The Morgan fingerprint density at radius 1 is 1.42 bits per heavy atom. The van der Waals surface area contributed by atoms with E-state index in [0.717, 1.165) is 31.4 Å². The molecule has 19 heavy (non-hydrogen) atoms. The molecule has 5 nitrogen and oxygen atoms in total. The van der Waals surface area contributed by atoms with Crippen LogP contribution in [0.1, 0.15) is 40.0 Å². The molecular formula is C14H24N2O3. The molecule has 0 radical (unpaired) electrons. The number of alkyl carbamates (subject to hydrolysis) is 1. The smallest absolute Gasteiger partial charge is 0.407 e. The Kier molecular flexibility index (Phi) is 6.39. The number of hydrogen-bond acceptors (Lipinski definition) is 3. The number of rotatable bonds is 4. The number of allylic oxidation sites excluding steroid dienone is 1. The van der Waals surface area contributed by atoms with E-state index in [9.17, 15) is 9.59 Å². The maximum atomic E-state index is 12.2. The summed E-state index contributed by atoms with van der Waals surface area (Å²) >= 11 is 0. The molecule has 108 valence electrons. The predicted octanol–water partition coefficient (Wildman–Crippen LogP) is 2.08. The molecule has 0 bridgehead atoms. The van der Waals surface area contributed by atoms with Crippen molar-refractivity contribution in [1.82, 2.24) is 10.2 Å². The fraction of sp³-hybridized carbons (Fsp3) is 0.714. The van der Waals surface area contributed by atoms with Gasteiger partial charge in [0.05, 0.1) is 6.61 Å². The fourth-order valence-electron chi connectivity index (χ4n) is 2.26. The summed E-state index contributed by atoms with van der Waals surface area (Å²) in [6.07, 6.45) is 4.18.